The fourth-order valence-electron chi connectivity index (χ4n) is 4.83. The molecule has 188 valence electrons. The Morgan fingerprint density at radius 3 is 2.43 bits per heavy atom. The molecular weight excluding hydrogens is 460 g/mol. The van der Waals surface area contributed by atoms with Gasteiger partial charge in [0.25, 0.3) is 11.5 Å². The summed E-state index contributed by atoms with van der Waals surface area (Å²) in [5, 5.41) is 0. The summed E-state index contributed by atoms with van der Waals surface area (Å²) < 4.78 is 40.5. The number of ether oxygens (including phenoxy) is 2. The monoisotopic (exact) mass is 489 g/mol. The van der Waals surface area contributed by atoms with E-state index in [0.29, 0.717) is 63.8 Å². The lowest BCUT2D eigenvalue weighted by molar-refractivity contribution is -0.134. The van der Waals surface area contributed by atoms with Crippen LogP contribution in [0.5, 0.6) is 5.75 Å². The van der Waals surface area contributed by atoms with Gasteiger partial charge in [-0.1, -0.05) is 0 Å². The second kappa shape index (κ2) is 10.2. The van der Waals surface area contributed by atoms with E-state index in [4.69, 9.17) is 9.47 Å². The van der Waals surface area contributed by atoms with Gasteiger partial charge in [-0.2, -0.15) is 0 Å². The van der Waals surface area contributed by atoms with Crippen molar-refractivity contribution in [3.63, 3.8) is 0 Å². The van der Waals surface area contributed by atoms with Crippen molar-refractivity contribution in [3.8, 4) is 5.75 Å². The van der Waals surface area contributed by atoms with Gasteiger partial charge in [0.1, 0.15) is 11.4 Å². The van der Waals surface area contributed by atoms with E-state index >= 15 is 0 Å². The van der Waals surface area contributed by atoms with E-state index in [9.17, 15) is 18.4 Å². The maximum atomic E-state index is 14.9. The lowest BCUT2D eigenvalue weighted by Crippen LogP contribution is -2.48. The number of aromatic amines is 1. The lowest BCUT2D eigenvalue weighted by Gasteiger charge is -2.36. The fourth-order valence-corrected chi connectivity index (χ4v) is 4.83. The maximum absolute atomic E-state index is 14.9. The van der Waals surface area contributed by atoms with E-state index in [-0.39, 0.29) is 36.1 Å². The number of likely N-dealkylation sites (tertiary alicyclic amines) is 1. The van der Waals surface area contributed by atoms with E-state index in [1.165, 1.54) is 0 Å². The number of amides is 1. The number of carbonyl (C=O) groups excluding carboxylic acids is 1. The zero-order chi connectivity index (χ0) is 24.4. The smallest absolute Gasteiger partial charge is 0.260 e. The molecule has 0 radical (unpaired) electrons. The molecule has 2 saturated heterocycles. The summed E-state index contributed by atoms with van der Waals surface area (Å²) >= 11 is 0. The van der Waals surface area contributed by atoms with Crippen molar-refractivity contribution in [2.45, 2.75) is 32.3 Å². The van der Waals surface area contributed by atoms with Gasteiger partial charge in [0, 0.05) is 57.8 Å². The van der Waals surface area contributed by atoms with Gasteiger partial charge in [-0.3, -0.25) is 14.6 Å². The fraction of sp³-hybridized carbons (Fsp3) is 0.542. The largest absolute Gasteiger partial charge is 0.484 e. The lowest BCUT2D eigenvalue weighted by atomic mass is 10.1. The molecule has 11 heteroatoms. The molecule has 0 spiro atoms. The van der Waals surface area contributed by atoms with Gasteiger partial charge in [-0.15, -0.1) is 0 Å². The first kappa shape index (κ1) is 23.5. The number of benzene rings is 1. The van der Waals surface area contributed by atoms with Crippen LogP contribution in [0, 0.1) is 11.6 Å². The number of anilines is 2. The molecule has 4 heterocycles. The number of H-pyrrole nitrogens is 1. The molecule has 3 aliphatic rings. The third kappa shape index (κ3) is 5.09. The Labute approximate surface area is 201 Å². The van der Waals surface area contributed by atoms with Gasteiger partial charge >= 0.3 is 0 Å². The molecule has 0 unspecified atom stereocenters. The third-order valence-electron chi connectivity index (χ3n) is 6.78. The standard InChI is InChI=1S/C24H29F2N5O4/c25-18-12-16(35-15-21(32)29-5-2-1-3-6-29)13-19(26)22(18)30-7-9-31(10-8-30)24-27-20-4-11-34-14-17(20)23(33)28-24/h12-13H,1-11,14-15H2,(H,27,28,33). The van der Waals surface area contributed by atoms with Crippen molar-refractivity contribution in [2.24, 2.45) is 0 Å². The topological polar surface area (TPSA) is 91.0 Å². The predicted molar refractivity (Wildman–Crippen MR) is 125 cm³/mol. The molecule has 1 amide bonds. The number of piperidine rings is 1. The van der Waals surface area contributed by atoms with Crippen LogP contribution in [0.4, 0.5) is 20.4 Å². The first-order valence-electron chi connectivity index (χ1n) is 12.1. The molecule has 35 heavy (non-hydrogen) atoms. The minimum absolute atomic E-state index is 0.00689. The SMILES string of the molecule is O=C(COc1cc(F)c(N2CCN(c3nc4c(c(=O)[nH]3)COCC4)CC2)c(F)c1)N1CCCCC1. The van der Waals surface area contributed by atoms with E-state index in [1.54, 1.807) is 9.80 Å². The van der Waals surface area contributed by atoms with Crippen LogP contribution in [-0.2, 0) is 22.6 Å². The molecule has 9 nitrogen and oxygen atoms in total. The van der Waals surface area contributed by atoms with E-state index in [0.717, 1.165) is 37.1 Å². The Morgan fingerprint density at radius 1 is 1.03 bits per heavy atom. The number of hydrogen-bond acceptors (Lipinski definition) is 7. The number of aromatic nitrogens is 2. The summed E-state index contributed by atoms with van der Waals surface area (Å²) in [5.74, 6) is -1.18. The van der Waals surface area contributed by atoms with Gasteiger partial charge in [0.05, 0.1) is 24.5 Å². The first-order chi connectivity index (χ1) is 17.0. The van der Waals surface area contributed by atoms with Crippen molar-refractivity contribution in [1.82, 2.24) is 14.9 Å². The predicted octanol–water partition coefficient (Wildman–Crippen LogP) is 1.84. The molecule has 5 rings (SSSR count). The molecule has 2 fully saturated rings. The Morgan fingerprint density at radius 2 is 1.71 bits per heavy atom. The molecule has 3 aliphatic heterocycles. The maximum Gasteiger partial charge on any atom is 0.260 e. The Bertz CT molecular complexity index is 1120. The van der Waals surface area contributed by atoms with Crippen molar-refractivity contribution < 1.29 is 23.0 Å². The highest BCUT2D eigenvalue weighted by molar-refractivity contribution is 5.77. The highest BCUT2D eigenvalue weighted by Gasteiger charge is 2.26. The summed E-state index contributed by atoms with van der Waals surface area (Å²) in [6.45, 7) is 3.53. The van der Waals surface area contributed by atoms with Crippen molar-refractivity contribution >= 4 is 17.5 Å². The molecule has 0 aliphatic carbocycles. The quantitative estimate of drug-likeness (QED) is 0.686. The zero-order valence-electron chi connectivity index (χ0n) is 19.5. The normalized spacial score (nSPS) is 18.4. The zero-order valence-corrected chi connectivity index (χ0v) is 19.5. The van der Waals surface area contributed by atoms with Crippen LogP contribution in [-0.4, -0.2) is 73.3 Å². The number of rotatable bonds is 5. The number of fused-ring (bicyclic) bond motifs is 1. The van der Waals surface area contributed by atoms with Gasteiger partial charge in [0.15, 0.2) is 18.2 Å². The van der Waals surface area contributed by atoms with Gasteiger partial charge < -0.3 is 24.2 Å². The number of hydrogen-bond donors (Lipinski definition) is 1. The average Bonchev–Trinajstić information content (AvgIpc) is 2.88. The molecule has 1 aromatic carbocycles. The second-order valence-corrected chi connectivity index (χ2v) is 9.06. The Kier molecular flexibility index (Phi) is 6.85. The van der Waals surface area contributed by atoms with Crippen LogP contribution in [0.1, 0.15) is 30.5 Å². The summed E-state index contributed by atoms with van der Waals surface area (Å²) in [4.78, 5) is 37.3. The number of nitrogens with zero attached hydrogens (tertiary/aromatic N) is 4. The highest BCUT2D eigenvalue weighted by atomic mass is 19.1. The highest BCUT2D eigenvalue weighted by Crippen LogP contribution is 2.29. The van der Waals surface area contributed by atoms with Crippen molar-refractivity contribution in [2.75, 3.05) is 62.3 Å². The van der Waals surface area contributed by atoms with Crippen LogP contribution in [0.2, 0.25) is 0 Å². The summed E-state index contributed by atoms with van der Waals surface area (Å²) in [5.41, 5.74) is 0.966. The van der Waals surface area contributed by atoms with Crippen molar-refractivity contribution in [3.05, 3.63) is 45.4 Å². The minimum atomic E-state index is -0.737. The van der Waals surface area contributed by atoms with E-state index in [1.807, 2.05) is 4.90 Å². The van der Waals surface area contributed by atoms with Crippen LogP contribution < -0.4 is 20.1 Å². The molecule has 2 aromatic rings. The summed E-state index contributed by atoms with van der Waals surface area (Å²) in [6, 6.07) is 2.25. The molecular formula is C24H29F2N5O4. The molecule has 0 atom stereocenters. The number of halogens is 2. The van der Waals surface area contributed by atoms with Crippen LogP contribution >= 0.6 is 0 Å². The van der Waals surface area contributed by atoms with Gasteiger partial charge in [0.2, 0.25) is 5.95 Å². The summed E-state index contributed by atoms with van der Waals surface area (Å²) in [6.07, 6.45) is 3.61. The van der Waals surface area contributed by atoms with E-state index in [2.05, 4.69) is 9.97 Å². The molecule has 1 aromatic heterocycles. The Balaban J connectivity index is 1.21. The second-order valence-electron chi connectivity index (χ2n) is 9.06. The number of nitrogens with one attached hydrogen (secondary N) is 1. The average molecular weight is 490 g/mol. The van der Waals surface area contributed by atoms with Gasteiger partial charge in [-0.25, -0.2) is 13.8 Å². The van der Waals surface area contributed by atoms with Crippen molar-refractivity contribution in [1.29, 1.82) is 0 Å². The van der Waals surface area contributed by atoms with Gasteiger partial charge in [-0.05, 0) is 19.3 Å². The number of carbonyl (C=O) groups is 1. The first-order valence-corrected chi connectivity index (χ1v) is 12.1. The molecule has 1 N–H and O–H groups in total. The van der Waals surface area contributed by atoms with E-state index < -0.39 is 11.6 Å². The summed E-state index contributed by atoms with van der Waals surface area (Å²) in [7, 11) is 0. The molecule has 0 bridgehead atoms. The minimum Gasteiger partial charge on any atom is -0.484 e. The van der Waals surface area contributed by atoms with Crippen LogP contribution in [0.3, 0.4) is 0 Å². The molecule has 0 saturated carbocycles. The Hall–Kier alpha value is -3.21. The number of piperazine rings is 1. The third-order valence-corrected chi connectivity index (χ3v) is 6.78. The van der Waals surface area contributed by atoms with Crippen LogP contribution in [0.15, 0.2) is 16.9 Å². The van der Waals surface area contributed by atoms with Crippen LogP contribution in [0.25, 0.3) is 0 Å².